The number of aromatic amines is 1. The van der Waals surface area contributed by atoms with Gasteiger partial charge in [-0.15, -0.1) is 0 Å². The minimum Gasteiger partial charge on any atom is -0.375 e. The fraction of sp³-hybridized carbons (Fsp3) is 0.375. The zero-order valence-corrected chi connectivity index (χ0v) is 36.7. The van der Waals surface area contributed by atoms with Crippen LogP contribution >= 0.6 is 0 Å². The number of imidazole rings is 1. The number of carbonyl (C=O) groups is 1. The van der Waals surface area contributed by atoms with Crippen LogP contribution in [0.15, 0.2) is 81.2 Å². The molecule has 0 spiro atoms. The van der Waals surface area contributed by atoms with E-state index in [9.17, 15) is 9.59 Å². The predicted octanol–water partition coefficient (Wildman–Crippen LogP) is 7.19. The van der Waals surface area contributed by atoms with E-state index in [2.05, 4.69) is 54.2 Å². The van der Waals surface area contributed by atoms with Gasteiger partial charge in [-0.25, -0.2) is 23.1 Å². The van der Waals surface area contributed by atoms with Gasteiger partial charge in [0.05, 0.1) is 52.4 Å². The first-order valence-electron chi connectivity index (χ1n) is 22.1. The van der Waals surface area contributed by atoms with Crippen LogP contribution in [0.4, 0.5) is 8.78 Å². The number of hydrogen-bond acceptors (Lipinski definition) is 8. The maximum absolute atomic E-state index is 16.2. The summed E-state index contributed by atoms with van der Waals surface area (Å²) in [6.07, 6.45) is 7.69. The number of carbonyl (C=O) groups excluding carboxylic acids is 1. The van der Waals surface area contributed by atoms with Crippen molar-refractivity contribution < 1.29 is 22.8 Å². The Labute approximate surface area is 369 Å². The second-order valence-electron chi connectivity index (χ2n) is 19.2. The van der Waals surface area contributed by atoms with Crippen molar-refractivity contribution in [1.82, 2.24) is 48.3 Å². The number of aryl methyl sites for hydroxylation is 3. The van der Waals surface area contributed by atoms with Crippen molar-refractivity contribution in [3.05, 3.63) is 139 Å². The molecule has 1 amide bonds. The van der Waals surface area contributed by atoms with Crippen molar-refractivity contribution in [2.75, 3.05) is 6.61 Å². The Hall–Kier alpha value is -6.88. The molecule has 4 aliphatic rings. The molecule has 2 bridgehead atoms. The summed E-state index contributed by atoms with van der Waals surface area (Å²) in [5.41, 5.74) is 4.15. The van der Waals surface area contributed by atoms with E-state index in [1.165, 1.54) is 21.5 Å². The number of fused-ring (bicyclic) bond motifs is 6. The summed E-state index contributed by atoms with van der Waals surface area (Å²) in [6, 6.07) is 14.2. The Morgan fingerprint density at radius 2 is 1.69 bits per heavy atom. The van der Waals surface area contributed by atoms with Crippen molar-refractivity contribution in [2.24, 2.45) is 13.0 Å². The van der Waals surface area contributed by atoms with Gasteiger partial charge in [0.2, 0.25) is 0 Å². The molecule has 8 aromatic rings. The van der Waals surface area contributed by atoms with E-state index >= 15 is 13.6 Å². The summed E-state index contributed by atoms with van der Waals surface area (Å²) in [4.78, 5) is 47.7. The highest BCUT2D eigenvalue weighted by Crippen LogP contribution is 2.57. The van der Waals surface area contributed by atoms with E-state index in [1.54, 1.807) is 60.7 Å². The van der Waals surface area contributed by atoms with Gasteiger partial charge in [-0.05, 0) is 118 Å². The highest BCUT2D eigenvalue weighted by Gasteiger charge is 2.59. The van der Waals surface area contributed by atoms with E-state index in [1.807, 2.05) is 15.5 Å². The van der Waals surface area contributed by atoms with Crippen molar-refractivity contribution >= 4 is 27.7 Å². The van der Waals surface area contributed by atoms with Crippen LogP contribution in [0.25, 0.3) is 39.0 Å². The standard InChI is InChI=1S/C48H46F2N10O5/c1-24-15-31(16-25(2)40(24)49)60-42(57-14-13-56(46(57)63)37-12-11-35-32(41(37)50)22-51-55(35)6)39-33(53-60)19-30-8-10-36(39)58(30)43(61)38-18-28-17-27(29-21-47(4,5)64-23-29)7-9-34(28)59(38)48(20-26(48)3)44-52-45(62)65-54-44/h7,9,11-18,22,26,29-30,36H,8,10,19-21,23H2,1-6H3,(H,52,54,62)/t26-,29?,30+,36-,48-/m0/s1. The van der Waals surface area contributed by atoms with Crippen LogP contribution in [-0.4, -0.2) is 72.5 Å². The normalized spacial score (nSPS) is 23.3. The summed E-state index contributed by atoms with van der Waals surface area (Å²) in [5, 5.41) is 14.7. The summed E-state index contributed by atoms with van der Waals surface area (Å²) in [5.74, 6) is -0.872. The van der Waals surface area contributed by atoms with E-state index in [0.717, 1.165) is 28.6 Å². The minimum absolute atomic E-state index is 0.00543. The molecule has 12 rings (SSSR count). The van der Waals surface area contributed by atoms with E-state index in [4.69, 9.17) is 14.4 Å². The van der Waals surface area contributed by atoms with Gasteiger partial charge in [0.25, 0.3) is 5.91 Å². The number of ether oxygens (including phenoxy) is 1. The lowest BCUT2D eigenvalue weighted by Crippen LogP contribution is -2.43. The van der Waals surface area contributed by atoms with Crippen LogP contribution in [0.1, 0.15) is 103 Å². The lowest BCUT2D eigenvalue weighted by molar-refractivity contribution is 0.0360. The van der Waals surface area contributed by atoms with Gasteiger partial charge in [-0.2, -0.15) is 10.2 Å². The van der Waals surface area contributed by atoms with Crippen LogP contribution in [0.2, 0.25) is 0 Å². The third-order valence-electron chi connectivity index (χ3n) is 14.7. The SMILES string of the molecule is Cc1cc(-n2nc3c(c2-n2ccn(-c4ccc5c(cnn5C)c4F)c2=O)[C@@H]2CC[C@H](C3)N2C(=O)c2cc3cc(C4COC(C)(C)C4)ccc3n2[C@@]2(c3noc(=O)[nH]3)C[C@@H]2C)cc(C)c1F. The zero-order valence-electron chi connectivity index (χ0n) is 36.7. The fourth-order valence-electron chi connectivity index (χ4n) is 11.4. The van der Waals surface area contributed by atoms with E-state index < -0.39 is 28.8 Å². The lowest BCUT2D eigenvalue weighted by atomic mass is 9.91. The largest absolute Gasteiger partial charge is 0.438 e. The quantitative estimate of drug-likeness (QED) is 0.176. The molecule has 8 heterocycles. The lowest BCUT2D eigenvalue weighted by Gasteiger charge is -2.35. The number of benzene rings is 3. The van der Waals surface area contributed by atoms with E-state index in [-0.39, 0.29) is 46.3 Å². The van der Waals surface area contributed by atoms with Gasteiger partial charge in [-0.1, -0.05) is 18.1 Å². The van der Waals surface area contributed by atoms with Gasteiger partial charge in [-0.3, -0.25) is 28.1 Å². The smallest absolute Gasteiger partial charge is 0.375 e. The third kappa shape index (κ3) is 5.66. The number of aromatic nitrogens is 9. The number of halogens is 2. The number of hydrogen-bond donors (Lipinski definition) is 1. The summed E-state index contributed by atoms with van der Waals surface area (Å²) >= 11 is 0. The highest BCUT2D eigenvalue weighted by atomic mass is 19.1. The summed E-state index contributed by atoms with van der Waals surface area (Å²) in [6.45, 7) is 10.2. The molecule has 15 nitrogen and oxygen atoms in total. The predicted molar refractivity (Wildman–Crippen MR) is 235 cm³/mol. The molecule has 2 saturated heterocycles. The fourth-order valence-corrected chi connectivity index (χ4v) is 11.4. The highest BCUT2D eigenvalue weighted by molar-refractivity contribution is 6.00. The molecule has 5 aromatic heterocycles. The molecule has 1 aliphatic carbocycles. The van der Waals surface area contributed by atoms with Crippen LogP contribution in [0, 0.1) is 31.4 Å². The Morgan fingerprint density at radius 1 is 0.938 bits per heavy atom. The molecule has 0 radical (unpaired) electrons. The number of nitrogens with zero attached hydrogens (tertiary/aromatic N) is 9. The molecule has 332 valence electrons. The molecule has 3 aromatic carbocycles. The maximum Gasteiger partial charge on any atom is 0.438 e. The molecule has 17 heteroatoms. The van der Waals surface area contributed by atoms with Crippen LogP contribution in [-0.2, 0) is 23.7 Å². The van der Waals surface area contributed by atoms with Gasteiger partial charge >= 0.3 is 11.4 Å². The molecule has 1 saturated carbocycles. The van der Waals surface area contributed by atoms with Crippen molar-refractivity contribution in [3.8, 4) is 17.2 Å². The number of amides is 1. The first-order chi connectivity index (χ1) is 31.1. The van der Waals surface area contributed by atoms with Crippen LogP contribution in [0.5, 0.6) is 0 Å². The second kappa shape index (κ2) is 13.6. The number of rotatable bonds is 7. The molecule has 3 fully saturated rings. The monoisotopic (exact) mass is 880 g/mol. The van der Waals surface area contributed by atoms with Gasteiger partial charge in [0.15, 0.2) is 11.6 Å². The average Bonchev–Trinajstić information content (AvgIpc) is 4.05. The zero-order chi connectivity index (χ0) is 45.0. The van der Waals surface area contributed by atoms with Crippen molar-refractivity contribution in [1.29, 1.82) is 0 Å². The van der Waals surface area contributed by atoms with Crippen molar-refractivity contribution in [2.45, 2.75) is 95.9 Å². The van der Waals surface area contributed by atoms with Gasteiger partial charge in [0, 0.05) is 54.3 Å². The molecular weight excluding hydrogens is 835 g/mol. The molecule has 65 heavy (non-hydrogen) atoms. The topological polar surface area (TPSA) is 156 Å². The summed E-state index contributed by atoms with van der Waals surface area (Å²) < 4.78 is 50.5. The Kier molecular flexibility index (Phi) is 8.29. The second-order valence-corrected chi connectivity index (χ2v) is 19.2. The number of nitrogens with one attached hydrogen (secondary N) is 1. The molecule has 1 N–H and O–H groups in total. The number of H-pyrrole nitrogens is 1. The van der Waals surface area contributed by atoms with Crippen LogP contribution in [0.3, 0.4) is 0 Å². The molecule has 3 aliphatic heterocycles. The molecular formula is C48H46F2N10O5. The Balaban J connectivity index is 1.02. The minimum atomic E-state index is -0.850. The van der Waals surface area contributed by atoms with Gasteiger partial charge in [0.1, 0.15) is 22.9 Å². The summed E-state index contributed by atoms with van der Waals surface area (Å²) in [7, 11) is 1.72. The molecule has 1 unspecified atom stereocenters. The third-order valence-corrected chi connectivity index (χ3v) is 14.7. The maximum atomic E-state index is 16.2. The van der Waals surface area contributed by atoms with Gasteiger partial charge < -0.3 is 14.2 Å². The van der Waals surface area contributed by atoms with Crippen molar-refractivity contribution in [3.63, 3.8) is 0 Å². The average molecular weight is 881 g/mol. The molecule has 5 atom stereocenters. The first-order valence-corrected chi connectivity index (χ1v) is 22.1. The first kappa shape index (κ1) is 39.7. The Bertz CT molecular complexity index is 3430. The van der Waals surface area contributed by atoms with E-state index in [0.29, 0.717) is 77.5 Å². The Morgan fingerprint density at radius 3 is 2.40 bits per heavy atom. The van der Waals surface area contributed by atoms with Crippen LogP contribution < -0.4 is 11.4 Å².